The molecule has 1 aromatic heterocycles. The summed E-state index contributed by atoms with van der Waals surface area (Å²) >= 11 is 0. The van der Waals surface area contributed by atoms with E-state index in [1.807, 2.05) is 18.2 Å². The number of benzene rings is 1. The van der Waals surface area contributed by atoms with Crippen LogP contribution in [0.25, 0.3) is 0 Å². The second kappa shape index (κ2) is 6.65. The van der Waals surface area contributed by atoms with Crippen molar-refractivity contribution < 1.29 is 9.63 Å². The molecule has 1 aliphatic heterocycles. The van der Waals surface area contributed by atoms with Crippen molar-refractivity contribution in [2.75, 3.05) is 19.6 Å². The summed E-state index contributed by atoms with van der Waals surface area (Å²) in [6.45, 7) is 4.63. The van der Waals surface area contributed by atoms with Crippen LogP contribution in [0, 0.1) is 6.92 Å². The largest absolute Gasteiger partial charge is 0.387 e. The summed E-state index contributed by atoms with van der Waals surface area (Å²) in [5, 5.41) is 14.8. The van der Waals surface area contributed by atoms with E-state index in [9.17, 15) is 5.11 Å². The summed E-state index contributed by atoms with van der Waals surface area (Å²) in [6.07, 6.45) is 4.12. The molecule has 0 amide bonds. The summed E-state index contributed by atoms with van der Waals surface area (Å²) in [4.78, 5) is 6.95. The van der Waals surface area contributed by atoms with Gasteiger partial charge in [-0.15, -0.1) is 0 Å². The molecule has 4 rings (SSSR count). The number of aliphatic hydroxyl groups excluding tert-OH is 1. The molecule has 0 bridgehead atoms. The minimum absolute atomic E-state index is 0.319. The molecule has 0 radical (unpaired) electrons. The van der Waals surface area contributed by atoms with Gasteiger partial charge in [-0.25, -0.2) is 0 Å². The highest BCUT2D eigenvalue weighted by Crippen LogP contribution is 2.39. The lowest BCUT2D eigenvalue weighted by atomic mass is 9.96. The first-order valence-electron chi connectivity index (χ1n) is 9.00. The average Bonchev–Trinajstić information content (AvgIpc) is 3.32. The second-order valence-electron chi connectivity index (χ2n) is 7.24. The lowest BCUT2D eigenvalue weighted by Gasteiger charge is -2.32. The van der Waals surface area contributed by atoms with Gasteiger partial charge >= 0.3 is 0 Å². The Kier molecular flexibility index (Phi) is 4.37. The molecule has 2 heterocycles. The van der Waals surface area contributed by atoms with E-state index in [4.69, 9.17) is 4.52 Å². The molecule has 24 heavy (non-hydrogen) atoms. The monoisotopic (exact) mass is 327 g/mol. The average molecular weight is 327 g/mol. The number of piperidine rings is 1. The van der Waals surface area contributed by atoms with Gasteiger partial charge in [-0.2, -0.15) is 4.98 Å². The van der Waals surface area contributed by atoms with Gasteiger partial charge < -0.3 is 9.63 Å². The third-order valence-electron chi connectivity index (χ3n) is 5.23. The smallest absolute Gasteiger partial charge is 0.229 e. The van der Waals surface area contributed by atoms with Crippen LogP contribution < -0.4 is 0 Å². The topological polar surface area (TPSA) is 62.4 Å². The fourth-order valence-electron chi connectivity index (χ4n) is 3.64. The lowest BCUT2D eigenvalue weighted by molar-refractivity contribution is 0.0938. The Morgan fingerprint density at radius 1 is 1.25 bits per heavy atom. The SMILES string of the molecule is Cc1ccccc1[C@@H](O)CN1CCC[C@H](c2noc(C3CC3)n2)C1. The van der Waals surface area contributed by atoms with Crippen molar-refractivity contribution in [1.29, 1.82) is 0 Å². The number of aryl methyl sites for hydroxylation is 1. The Morgan fingerprint density at radius 2 is 2.08 bits per heavy atom. The van der Waals surface area contributed by atoms with Crippen molar-refractivity contribution in [2.45, 2.75) is 50.5 Å². The molecule has 1 aromatic carbocycles. The molecule has 2 aliphatic rings. The molecular weight excluding hydrogens is 302 g/mol. The van der Waals surface area contributed by atoms with E-state index in [0.717, 1.165) is 48.8 Å². The minimum atomic E-state index is -0.447. The first-order valence-corrected chi connectivity index (χ1v) is 9.00. The Morgan fingerprint density at radius 3 is 2.88 bits per heavy atom. The lowest BCUT2D eigenvalue weighted by Crippen LogP contribution is -2.37. The normalized spacial score (nSPS) is 23.3. The number of hydrogen-bond donors (Lipinski definition) is 1. The first kappa shape index (κ1) is 15.8. The molecule has 5 heteroatoms. The van der Waals surface area contributed by atoms with Crippen LogP contribution in [0.2, 0.25) is 0 Å². The van der Waals surface area contributed by atoms with E-state index in [1.165, 1.54) is 12.8 Å². The predicted octanol–water partition coefficient (Wildman–Crippen LogP) is 3.17. The molecule has 2 fully saturated rings. The molecule has 128 valence electrons. The molecule has 0 spiro atoms. The number of likely N-dealkylation sites (tertiary alicyclic amines) is 1. The van der Waals surface area contributed by atoms with Gasteiger partial charge in [0.1, 0.15) is 0 Å². The first-order chi connectivity index (χ1) is 11.7. The number of aliphatic hydroxyl groups is 1. The van der Waals surface area contributed by atoms with Crippen molar-refractivity contribution in [1.82, 2.24) is 15.0 Å². The van der Waals surface area contributed by atoms with Crippen LogP contribution in [-0.2, 0) is 0 Å². The highest BCUT2D eigenvalue weighted by Gasteiger charge is 2.32. The van der Waals surface area contributed by atoms with E-state index >= 15 is 0 Å². The number of rotatable bonds is 5. The molecule has 1 aliphatic carbocycles. The van der Waals surface area contributed by atoms with Gasteiger partial charge in [0, 0.05) is 24.9 Å². The second-order valence-corrected chi connectivity index (χ2v) is 7.24. The van der Waals surface area contributed by atoms with Gasteiger partial charge in [-0.05, 0) is 50.3 Å². The van der Waals surface area contributed by atoms with Gasteiger partial charge in [-0.3, -0.25) is 4.90 Å². The van der Waals surface area contributed by atoms with Crippen LogP contribution >= 0.6 is 0 Å². The Balaban J connectivity index is 1.40. The minimum Gasteiger partial charge on any atom is -0.387 e. The highest BCUT2D eigenvalue weighted by atomic mass is 16.5. The number of nitrogens with zero attached hydrogens (tertiary/aromatic N) is 3. The molecule has 0 unspecified atom stereocenters. The van der Waals surface area contributed by atoms with Gasteiger partial charge in [0.05, 0.1) is 6.10 Å². The Bertz CT molecular complexity index is 695. The standard InChI is InChI=1S/C19H25N3O2/c1-13-5-2-3-7-16(13)17(23)12-22-10-4-6-15(11-22)18-20-19(24-21-18)14-8-9-14/h2-3,5,7,14-15,17,23H,4,6,8-12H2,1H3/t15-,17-/m0/s1. The van der Waals surface area contributed by atoms with Gasteiger partial charge in [0.2, 0.25) is 5.89 Å². The summed E-state index contributed by atoms with van der Waals surface area (Å²) < 4.78 is 5.41. The summed E-state index contributed by atoms with van der Waals surface area (Å²) in [5.41, 5.74) is 2.17. The zero-order chi connectivity index (χ0) is 16.5. The van der Waals surface area contributed by atoms with Crippen LogP contribution in [-0.4, -0.2) is 39.8 Å². The predicted molar refractivity (Wildman–Crippen MR) is 90.8 cm³/mol. The molecule has 2 atom stereocenters. The van der Waals surface area contributed by atoms with Crippen molar-refractivity contribution >= 4 is 0 Å². The molecule has 1 saturated heterocycles. The van der Waals surface area contributed by atoms with Crippen LogP contribution in [0.5, 0.6) is 0 Å². The van der Waals surface area contributed by atoms with Crippen LogP contribution in [0.1, 0.15) is 66.5 Å². The van der Waals surface area contributed by atoms with Crippen LogP contribution in [0.4, 0.5) is 0 Å². The molecule has 5 nitrogen and oxygen atoms in total. The van der Waals surface area contributed by atoms with Crippen molar-refractivity contribution in [2.24, 2.45) is 0 Å². The van der Waals surface area contributed by atoms with E-state index in [2.05, 4.69) is 28.0 Å². The Labute approximate surface area is 142 Å². The molecular formula is C19H25N3O2. The highest BCUT2D eigenvalue weighted by molar-refractivity contribution is 5.27. The van der Waals surface area contributed by atoms with Crippen molar-refractivity contribution in [3.63, 3.8) is 0 Å². The van der Waals surface area contributed by atoms with E-state index in [0.29, 0.717) is 18.4 Å². The van der Waals surface area contributed by atoms with Crippen LogP contribution in [0.3, 0.4) is 0 Å². The summed E-state index contributed by atoms with van der Waals surface area (Å²) in [5.74, 6) is 2.50. The number of hydrogen-bond acceptors (Lipinski definition) is 5. The van der Waals surface area contributed by atoms with Gasteiger partial charge in [0.15, 0.2) is 5.82 Å². The fraction of sp³-hybridized carbons (Fsp3) is 0.579. The van der Waals surface area contributed by atoms with E-state index in [-0.39, 0.29) is 0 Å². The quantitative estimate of drug-likeness (QED) is 0.914. The maximum absolute atomic E-state index is 10.6. The van der Waals surface area contributed by atoms with Gasteiger partial charge in [0.25, 0.3) is 0 Å². The fourth-order valence-corrected chi connectivity index (χ4v) is 3.64. The van der Waals surface area contributed by atoms with Gasteiger partial charge in [-0.1, -0.05) is 29.4 Å². The zero-order valence-corrected chi connectivity index (χ0v) is 14.2. The van der Waals surface area contributed by atoms with E-state index in [1.54, 1.807) is 0 Å². The zero-order valence-electron chi connectivity index (χ0n) is 14.2. The number of aromatic nitrogens is 2. The third-order valence-corrected chi connectivity index (χ3v) is 5.23. The van der Waals surface area contributed by atoms with Crippen molar-refractivity contribution in [3.8, 4) is 0 Å². The summed E-state index contributed by atoms with van der Waals surface area (Å²) in [7, 11) is 0. The number of β-amino-alcohol motifs (C(OH)–C–C–N with tert-alkyl or cyclic N) is 1. The van der Waals surface area contributed by atoms with Crippen molar-refractivity contribution in [3.05, 3.63) is 47.1 Å². The molecule has 2 aromatic rings. The maximum Gasteiger partial charge on any atom is 0.229 e. The maximum atomic E-state index is 10.6. The van der Waals surface area contributed by atoms with Crippen LogP contribution in [0.15, 0.2) is 28.8 Å². The Hall–Kier alpha value is -1.72. The third kappa shape index (κ3) is 3.37. The summed E-state index contributed by atoms with van der Waals surface area (Å²) in [6, 6.07) is 8.07. The van der Waals surface area contributed by atoms with E-state index < -0.39 is 6.10 Å². The molecule has 1 saturated carbocycles. The molecule has 1 N–H and O–H groups in total.